The summed E-state index contributed by atoms with van der Waals surface area (Å²) in [5, 5.41) is 5.40. The van der Waals surface area contributed by atoms with Crippen molar-refractivity contribution in [2.45, 2.75) is 33.3 Å². The summed E-state index contributed by atoms with van der Waals surface area (Å²) in [6.07, 6.45) is 0.679. The summed E-state index contributed by atoms with van der Waals surface area (Å²) >= 11 is 1.42. The number of nitrogen functional groups attached to an aromatic ring is 1. The molecule has 0 spiro atoms. The molecule has 1 aromatic heterocycles. The SMILES string of the molecule is Cc1ccc(C(=O)Nc2ccc(OCCc3csc(N)n3)cc2)c(OC(C)C)c1. The van der Waals surface area contributed by atoms with Crippen LogP contribution in [0, 0.1) is 6.92 Å². The number of nitrogens with two attached hydrogens (primary N) is 1. The van der Waals surface area contributed by atoms with Gasteiger partial charge in [-0.3, -0.25) is 4.79 Å². The fourth-order valence-electron chi connectivity index (χ4n) is 2.71. The zero-order valence-corrected chi connectivity index (χ0v) is 17.6. The van der Waals surface area contributed by atoms with Crippen molar-refractivity contribution >= 4 is 28.1 Å². The molecule has 1 amide bonds. The van der Waals surface area contributed by atoms with E-state index in [1.165, 1.54) is 11.3 Å². The highest BCUT2D eigenvalue weighted by Crippen LogP contribution is 2.24. The van der Waals surface area contributed by atoms with Crippen molar-refractivity contribution in [3.05, 3.63) is 64.7 Å². The lowest BCUT2D eigenvalue weighted by Crippen LogP contribution is -2.16. The van der Waals surface area contributed by atoms with Gasteiger partial charge in [0, 0.05) is 17.5 Å². The fourth-order valence-corrected chi connectivity index (χ4v) is 3.31. The summed E-state index contributed by atoms with van der Waals surface area (Å²) in [7, 11) is 0. The second kappa shape index (κ2) is 9.43. The Morgan fingerprint density at radius 2 is 1.97 bits per heavy atom. The lowest BCUT2D eigenvalue weighted by molar-refractivity contribution is 0.102. The summed E-state index contributed by atoms with van der Waals surface area (Å²) in [5.41, 5.74) is 8.78. The Labute approximate surface area is 174 Å². The molecule has 0 saturated heterocycles. The molecule has 7 heteroatoms. The van der Waals surface area contributed by atoms with Crippen molar-refractivity contribution in [3.63, 3.8) is 0 Å². The van der Waals surface area contributed by atoms with Gasteiger partial charge in [-0.05, 0) is 62.7 Å². The van der Waals surface area contributed by atoms with Crippen LogP contribution in [-0.2, 0) is 6.42 Å². The average molecular weight is 412 g/mol. The lowest BCUT2D eigenvalue weighted by atomic mass is 10.1. The van der Waals surface area contributed by atoms with Crippen LogP contribution in [0.4, 0.5) is 10.8 Å². The van der Waals surface area contributed by atoms with Gasteiger partial charge in [-0.15, -0.1) is 11.3 Å². The highest BCUT2D eigenvalue weighted by molar-refractivity contribution is 7.13. The second-order valence-electron chi connectivity index (χ2n) is 6.92. The summed E-state index contributed by atoms with van der Waals surface area (Å²) in [5.74, 6) is 1.10. The summed E-state index contributed by atoms with van der Waals surface area (Å²) in [6.45, 7) is 6.35. The third-order valence-electron chi connectivity index (χ3n) is 4.05. The Morgan fingerprint density at radius 3 is 2.62 bits per heavy atom. The predicted octanol–water partition coefficient (Wildman–Crippen LogP) is 4.69. The van der Waals surface area contributed by atoms with Crippen molar-refractivity contribution in [2.24, 2.45) is 0 Å². The number of aryl methyl sites for hydroxylation is 1. The van der Waals surface area contributed by atoms with Crippen LogP contribution >= 0.6 is 11.3 Å². The molecule has 29 heavy (non-hydrogen) atoms. The molecule has 152 valence electrons. The van der Waals surface area contributed by atoms with Gasteiger partial charge >= 0.3 is 0 Å². The van der Waals surface area contributed by atoms with Crippen molar-refractivity contribution in [3.8, 4) is 11.5 Å². The van der Waals surface area contributed by atoms with E-state index >= 15 is 0 Å². The van der Waals surface area contributed by atoms with Crippen LogP contribution in [0.1, 0.15) is 35.5 Å². The van der Waals surface area contributed by atoms with Crippen LogP contribution in [0.3, 0.4) is 0 Å². The molecular weight excluding hydrogens is 386 g/mol. The molecule has 3 rings (SSSR count). The molecule has 0 bridgehead atoms. The van der Waals surface area contributed by atoms with Gasteiger partial charge in [0.25, 0.3) is 5.91 Å². The van der Waals surface area contributed by atoms with E-state index in [4.69, 9.17) is 15.2 Å². The smallest absolute Gasteiger partial charge is 0.259 e. The highest BCUT2D eigenvalue weighted by atomic mass is 32.1. The monoisotopic (exact) mass is 411 g/mol. The number of amides is 1. The molecule has 0 atom stereocenters. The van der Waals surface area contributed by atoms with E-state index in [0.29, 0.717) is 35.2 Å². The minimum Gasteiger partial charge on any atom is -0.493 e. The number of ether oxygens (including phenoxy) is 2. The van der Waals surface area contributed by atoms with E-state index in [2.05, 4.69) is 10.3 Å². The maximum Gasteiger partial charge on any atom is 0.259 e. The number of benzene rings is 2. The van der Waals surface area contributed by atoms with Crippen LogP contribution in [0.2, 0.25) is 0 Å². The molecule has 0 fully saturated rings. The normalized spacial score (nSPS) is 10.8. The molecule has 0 aliphatic rings. The van der Waals surface area contributed by atoms with Crippen LogP contribution in [0.25, 0.3) is 0 Å². The van der Waals surface area contributed by atoms with Crippen molar-refractivity contribution in [1.29, 1.82) is 0 Å². The van der Waals surface area contributed by atoms with Crippen LogP contribution in [-0.4, -0.2) is 23.6 Å². The minimum absolute atomic E-state index is 0.0134. The maximum absolute atomic E-state index is 12.7. The Bertz CT molecular complexity index is 968. The number of hydrogen-bond acceptors (Lipinski definition) is 6. The zero-order chi connectivity index (χ0) is 20.8. The number of hydrogen-bond donors (Lipinski definition) is 2. The third-order valence-corrected chi connectivity index (χ3v) is 4.78. The van der Waals surface area contributed by atoms with Gasteiger partial charge in [-0.25, -0.2) is 4.98 Å². The van der Waals surface area contributed by atoms with Gasteiger partial charge in [-0.1, -0.05) is 6.07 Å². The van der Waals surface area contributed by atoms with E-state index in [0.717, 1.165) is 17.0 Å². The van der Waals surface area contributed by atoms with E-state index in [1.54, 1.807) is 6.07 Å². The molecule has 0 radical (unpaired) electrons. The first-order valence-electron chi connectivity index (χ1n) is 9.42. The molecule has 3 aromatic rings. The molecule has 2 aromatic carbocycles. The highest BCUT2D eigenvalue weighted by Gasteiger charge is 2.14. The third kappa shape index (κ3) is 5.96. The first-order chi connectivity index (χ1) is 13.9. The van der Waals surface area contributed by atoms with Gasteiger partial charge < -0.3 is 20.5 Å². The first kappa shape index (κ1) is 20.7. The van der Waals surface area contributed by atoms with Gasteiger partial charge in [-0.2, -0.15) is 0 Å². The van der Waals surface area contributed by atoms with E-state index in [-0.39, 0.29) is 12.0 Å². The average Bonchev–Trinajstić information content (AvgIpc) is 3.08. The van der Waals surface area contributed by atoms with E-state index < -0.39 is 0 Å². The Kier molecular flexibility index (Phi) is 6.72. The van der Waals surface area contributed by atoms with Crippen LogP contribution < -0.4 is 20.5 Å². The standard InChI is InChI=1S/C22H25N3O3S/c1-14(2)28-20-12-15(3)4-9-19(20)21(26)24-16-5-7-18(8-6-16)27-11-10-17-13-29-22(23)25-17/h4-9,12-14H,10-11H2,1-3H3,(H2,23,25)(H,24,26). The predicted molar refractivity (Wildman–Crippen MR) is 117 cm³/mol. The minimum atomic E-state index is -0.213. The summed E-state index contributed by atoms with van der Waals surface area (Å²) in [4.78, 5) is 16.9. The number of aromatic nitrogens is 1. The number of thiazole rings is 1. The fraction of sp³-hybridized carbons (Fsp3) is 0.273. The maximum atomic E-state index is 12.7. The molecule has 0 aliphatic heterocycles. The number of nitrogens with one attached hydrogen (secondary N) is 1. The second-order valence-corrected chi connectivity index (χ2v) is 7.81. The van der Waals surface area contributed by atoms with E-state index in [1.807, 2.05) is 62.5 Å². The van der Waals surface area contributed by atoms with Crippen molar-refractivity contribution < 1.29 is 14.3 Å². The molecule has 0 aliphatic carbocycles. The number of rotatable bonds is 8. The molecule has 1 heterocycles. The van der Waals surface area contributed by atoms with Crippen LogP contribution in [0.5, 0.6) is 11.5 Å². The number of nitrogens with zero attached hydrogens (tertiary/aromatic N) is 1. The van der Waals surface area contributed by atoms with Gasteiger partial charge in [0.05, 0.1) is 24.0 Å². The first-order valence-corrected chi connectivity index (χ1v) is 10.3. The van der Waals surface area contributed by atoms with Gasteiger partial charge in [0.15, 0.2) is 5.13 Å². The Hall–Kier alpha value is -3.06. The number of carbonyl (C=O) groups excluding carboxylic acids is 1. The summed E-state index contributed by atoms with van der Waals surface area (Å²) < 4.78 is 11.5. The Balaban J connectivity index is 1.58. The molecule has 3 N–H and O–H groups in total. The van der Waals surface area contributed by atoms with E-state index in [9.17, 15) is 4.79 Å². The quantitative estimate of drug-likeness (QED) is 0.561. The van der Waals surface area contributed by atoms with Gasteiger partial charge in [0.2, 0.25) is 0 Å². The Morgan fingerprint density at radius 1 is 1.21 bits per heavy atom. The molecule has 0 unspecified atom stereocenters. The largest absolute Gasteiger partial charge is 0.493 e. The van der Waals surface area contributed by atoms with Crippen molar-refractivity contribution in [1.82, 2.24) is 4.98 Å². The molecule has 6 nitrogen and oxygen atoms in total. The number of anilines is 2. The number of carbonyl (C=O) groups is 1. The van der Waals surface area contributed by atoms with Gasteiger partial charge in [0.1, 0.15) is 11.5 Å². The molecular formula is C22H25N3O3S. The summed E-state index contributed by atoms with van der Waals surface area (Å²) in [6, 6.07) is 12.8. The van der Waals surface area contributed by atoms with Crippen LogP contribution in [0.15, 0.2) is 47.8 Å². The topological polar surface area (TPSA) is 86.5 Å². The lowest BCUT2D eigenvalue weighted by Gasteiger charge is -2.15. The van der Waals surface area contributed by atoms with Crippen molar-refractivity contribution in [2.75, 3.05) is 17.7 Å². The zero-order valence-electron chi connectivity index (χ0n) is 16.8. The molecule has 0 saturated carbocycles.